The average Bonchev–Trinajstić information content (AvgIpc) is 2.71. The molecule has 1 unspecified atom stereocenters. The van der Waals surface area contributed by atoms with E-state index in [0.717, 1.165) is 37.7 Å². The second kappa shape index (κ2) is 8.82. The van der Waals surface area contributed by atoms with Crippen molar-refractivity contribution in [3.8, 4) is 5.75 Å². The number of hydrogen-bond acceptors (Lipinski definition) is 5. The van der Waals surface area contributed by atoms with Crippen LogP contribution in [0.5, 0.6) is 5.75 Å². The van der Waals surface area contributed by atoms with Crippen molar-refractivity contribution in [2.45, 2.75) is 76.5 Å². The Hall–Kier alpha value is -2.28. The average molecular weight is 477 g/mol. The topological polar surface area (TPSA) is 93.7 Å². The molecule has 1 aromatic carbocycles. The summed E-state index contributed by atoms with van der Waals surface area (Å²) >= 11 is 6.04. The van der Waals surface area contributed by atoms with Gasteiger partial charge in [-0.15, -0.1) is 0 Å². The Bertz CT molecular complexity index is 946. The number of nitrogens with one attached hydrogen (secondary N) is 2. The van der Waals surface area contributed by atoms with Gasteiger partial charge < -0.3 is 20.1 Å². The van der Waals surface area contributed by atoms with E-state index >= 15 is 0 Å². The van der Waals surface area contributed by atoms with Crippen LogP contribution < -0.4 is 15.4 Å². The first kappa shape index (κ1) is 23.9. The fourth-order valence-electron chi connectivity index (χ4n) is 6.33. The van der Waals surface area contributed by atoms with E-state index in [1.165, 1.54) is 7.11 Å². The molecule has 0 saturated heterocycles. The molecule has 4 bridgehead atoms. The van der Waals surface area contributed by atoms with Crippen molar-refractivity contribution in [2.24, 2.45) is 17.8 Å². The highest BCUT2D eigenvalue weighted by Gasteiger charge is 2.56. The van der Waals surface area contributed by atoms with Crippen LogP contribution in [0.15, 0.2) is 18.2 Å². The van der Waals surface area contributed by atoms with Crippen molar-refractivity contribution in [1.29, 1.82) is 0 Å². The third-order valence-electron chi connectivity index (χ3n) is 7.56. The number of amides is 2. The molecule has 7 nitrogen and oxygen atoms in total. The van der Waals surface area contributed by atoms with E-state index in [9.17, 15) is 14.4 Å². The van der Waals surface area contributed by atoms with Gasteiger partial charge in [-0.05, 0) is 94.4 Å². The van der Waals surface area contributed by atoms with Crippen LogP contribution in [0.25, 0.3) is 0 Å². The molecule has 2 amide bonds. The fraction of sp³-hybridized carbons (Fsp3) is 0.640. The summed E-state index contributed by atoms with van der Waals surface area (Å²) in [4.78, 5) is 37.2. The molecule has 5 rings (SSSR count). The summed E-state index contributed by atoms with van der Waals surface area (Å²) in [5, 5.41) is 7.07. The lowest BCUT2D eigenvalue weighted by Gasteiger charge is -2.60. The highest BCUT2D eigenvalue weighted by molar-refractivity contribution is 6.30. The Morgan fingerprint density at radius 1 is 1.15 bits per heavy atom. The van der Waals surface area contributed by atoms with Gasteiger partial charge in [0.1, 0.15) is 12.2 Å². The lowest BCUT2D eigenvalue weighted by Crippen LogP contribution is -2.67. The van der Waals surface area contributed by atoms with Crippen molar-refractivity contribution in [1.82, 2.24) is 10.6 Å². The first-order chi connectivity index (χ1) is 15.5. The number of methoxy groups -OCH3 is 1. The molecule has 0 radical (unpaired) electrons. The Morgan fingerprint density at radius 2 is 1.82 bits per heavy atom. The largest absolute Gasteiger partial charge is 0.478 e. The van der Waals surface area contributed by atoms with Crippen LogP contribution in [0.4, 0.5) is 0 Å². The van der Waals surface area contributed by atoms with Gasteiger partial charge in [0.2, 0.25) is 5.91 Å². The Kier molecular flexibility index (Phi) is 6.38. The highest BCUT2D eigenvalue weighted by atomic mass is 35.5. The lowest BCUT2D eigenvalue weighted by atomic mass is 9.51. The standard InChI is InChI=1S/C25H33ClN2O5/c1-14-7-18(26)5-6-19(14)33-24(2,3)23(31)27-22-16-8-15-9-17(22)13-25(11-15,12-16)28-20(29)10-21(30)32-4/h5-7,15-17,22H,8-13H2,1-4H3,(H,27,31)(H,28,29)/t15?,16-,17+,22+,25+. The number of carbonyl (C=O) groups is 3. The second-order valence-corrected chi connectivity index (χ2v) is 11.0. The number of esters is 1. The predicted octanol–water partition coefficient (Wildman–Crippen LogP) is 3.55. The quantitative estimate of drug-likeness (QED) is 0.463. The van der Waals surface area contributed by atoms with E-state index < -0.39 is 11.6 Å². The molecule has 4 saturated carbocycles. The molecule has 8 heteroatoms. The van der Waals surface area contributed by atoms with Gasteiger partial charge in [-0.25, -0.2) is 0 Å². The Balaban J connectivity index is 1.41. The molecule has 5 atom stereocenters. The van der Waals surface area contributed by atoms with Crippen molar-refractivity contribution in [2.75, 3.05) is 7.11 Å². The minimum atomic E-state index is -1.04. The van der Waals surface area contributed by atoms with E-state index in [4.69, 9.17) is 16.3 Å². The third kappa shape index (κ3) is 4.98. The molecule has 0 heterocycles. The molecule has 180 valence electrons. The second-order valence-electron chi connectivity index (χ2n) is 10.6. The first-order valence-electron chi connectivity index (χ1n) is 11.6. The summed E-state index contributed by atoms with van der Waals surface area (Å²) in [6.07, 6.45) is 4.41. The van der Waals surface area contributed by atoms with Gasteiger partial charge in [0.25, 0.3) is 5.91 Å². The number of aryl methyl sites for hydroxylation is 1. The highest BCUT2D eigenvalue weighted by Crippen LogP contribution is 2.55. The smallest absolute Gasteiger partial charge is 0.315 e. The molecule has 4 aliphatic carbocycles. The summed E-state index contributed by atoms with van der Waals surface area (Å²) in [5.74, 6) is 0.821. The molecule has 2 N–H and O–H groups in total. The summed E-state index contributed by atoms with van der Waals surface area (Å²) < 4.78 is 10.7. The molecular weight excluding hydrogens is 444 g/mol. The number of halogens is 1. The Labute approximate surface area is 199 Å². The lowest BCUT2D eigenvalue weighted by molar-refractivity contribution is -0.146. The summed E-state index contributed by atoms with van der Waals surface area (Å²) in [6, 6.07) is 5.42. The molecule has 4 aliphatic rings. The number of rotatable bonds is 7. The number of carbonyl (C=O) groups excluding carboxylic acids is 3. The predicted molar refractivity (Wildman–Crippen MR) is 124 cm³/mol. The zero-order chi connectivity index (χ0) is 24.0. The molecule has 0 aliphatic heterocycles. The van der Waals surface area contributed by atoms with E-state index in [0.29, 0.717) is 28.5 Å². The maximum absolute atomic E-state index is 13.3. The zero-order valence-electron chi connectivity index (χ0n) is 19.7. The van der Waals surface area contributed by atoms with Gasteiger partial charge in [-0.3, -0.25) is 14.4 Å². The van der Waals surface area contributed by atoms with Gasteiger partial charge >= 0.3 is 5.97 Å². The van der Waals surface area contributed by atoms with Gasteiger partial charge in [-0.1, -0.05) is 11.6 Å². The normalized spacial score (nSPS) is 30.0. The van der Waals surface area contributed by atoms with Crippen LogP contribution in [-0.4, -0.2) is 42.1 Å². The maximum Gasteiger partial charge on any atom is 0.315 e. The Morgan fingerprint density at radius 3 is 2.42 bits per heavy atom. The fourth-order valence-corrected chi connectivity index (χ4v) is 6.56. The van der Waals surface area contributed by atoms with Crippen LogP contribution in [0.3, 0.4) is 0 Å². The SMILES string of the molecule is COC(=O)CC(=O)N[C@@]12CC3C[C@H](C1)[C@H](NC(=O)C(C)(C)Oc1ccc(Cl)cc1C)[C@@H](C3)C2. The summed E-state index contributed by atoms with van der Waals surface area (Å²) in [6.45, 7) is 5.46. The van der Waals surface area contributed by atoms with Crippen LogP contribution >= 0.6 is 11.6 Å². The van der Waals surface area contributed by atoms with Crippen LogP contribution in [-0.2, 0) is 19.1 Å². The van der Waals surface area contributed by atoms with Gasteiger partial charge in [0.05, 0.1) is 7.11 Å². The van der Waals surface area contributed by atoms with Crippen molar-refractivity contribution in [3.63, 3.8) is 0 Å². The maximum atomic E-state index is 13.3. The van der Waals surface area contributed by atoms with Gasteiger partial charge in [0.15, 0.2) is 5.60 Å². The minimum absolute atomic E-state index is 0.0638. The van der Waals surface area contributed by atoms with Crippen LogP contribution in [0.1, 0.15) is 57.9 Å². The molecule has 4 fully saturated rings. The van der Waals surface area contributed by atoms with Crippen LogP contribution in [0, 0.1) is 24.7 Å². The first-order valence-corrected chi connectivity index (χ1v) is 12.0. The number of benzene rings is 1. The number of ether oxygens (including phenoxy) is 2. The molecule has 0 aromatic heterocycles. The molecule has 1 aromatic rings. The van der Waals surface area contributed by atoms with Crippen molar-refractivity contribution < 1.29 is 23.9 Å². The van der Waals surface area contributed by atoms with Gasteiger partial charge in [-0.2, -0.15) is 0 Å². The van der Waals surface area contributed by atoms with Crippen LogP contribution in [0.2, 0.25) is 5.02 Å². The van der Waals surface area contributed by atoms with Crippen molar-refractivity contribution in [3.05, 3.63) is 28.8 Å². The zero-order valence-corrected chi connectivity index (χ0v) is 20.5. The molecule has 0 spiro atoms. The monoisotopic (exact) mass is 476 g/mol. The van der Waals surface area contributed by atoms with Crippen molar-refractivity contribution >= 4 is 29.4 Å². The molecule has 33 heavy (non-hydrogen) atoms. The minimum Gasteiger partial charge on any atom is -0.478 e. The van der Waals surface area contributed by atoms with E-state index in [1.807, 2.05) is 13.0 Å². The summed E-state index contributed by atoms with van der Waals surface area (Å²) in [7, 11) is 1.28. The third-order valence-corrected chi connectivity index (χ3v) is 7.79. The van der Waals surface area contributed by atoms with E-state index in [1.54, 1.807) is 26.0 Å². The summed E-state index contributed by atoms with van der Waals surface area (Å²) in [5.41, 5.74) is -0.447. The van der Waals surface area contributed by atoms with E-state index in [-0.39, 0.29) is 29.8 Å². The number of hydrogen-bond donors (Lipinski definition) is 2. The molecular formula is C25H33ClN2O5. The van der Waals surface area contributed by atoms with Gasteiger partial charge in [0, 0.05) is 16.6 Å². The van der Waals surface area contributed by atoms with E-state index in [2.05, 4.69) is 15.4 Å².